The molecule has 0 saturated carbocycles. The number of pyridine rings is 2. The van der Waals surface area contributed by atoms with Crippen LogP contribution in [0.2, 0.25) is 0 Å². The van der Waals surface area contributed by atoms with Gasteiger partial charge in [-0.25, -0.2) is 14.8 Å². The second-order valence-corrected chi connectivity index (χ2v) is 13.0. The average molecular weight is 680 g/mol. The van der Waals surface area contributed by atoms with Crippen molar-refractivity contribution in [3.8, 4) is 45.4 Å². The van der Waals surface area contributed by atoms with Gasteiger partial charge >= 0.3 is 0 Å². The first kappa shape index (κ1) is 30.3. The normalized spacial score (nSPS) is 11.4. The van der Waals surface area contributed by atoms with Crippen LogP contribution < -0.4 is 4.74 Å². The first-order valence-electron chi connectivity index (χ1n) is 17.4. The average Bonchev–Trinajstić information content (AvgIpc) is 3.73. The van der Waals surface area contributed by atoms with Gasteiger partial charge in [0.25, 0.3) is 0 Å². The van der Waals surface area contributed by atoms with Gasteiger partial charge < -0.3 is 4.74 Å². The minimum absolute atomic E-state index is 0.593. The van der Waals surface area contributed by atoms with E-state index in [4.69, 9.17) is 21.3 Å². The molecule has 248 valence electrons. The summed E-state index contributed by atoms with van der Waals surface area (Å²) in [6.45, 7) is 7.67. The fourth-order valence-corrected chi connectivity index (χ4v) is 7.47. The lowest BCUT2D eigenvalue weighted by Crippen LogP contribution is -1.98. The molecular weight excluding hydrogens is 651 g/mol. The Labute approximate surface area is 305 Å². The molecule has 0 radical (unpaired) electrons. The number of para-hydroxylation sites is 1. The van der Waals surface area contributed by atoms with E-state index in [1.54, 1.807) is 0 Å². The first-order valence-corrected chi connectivity index (χ1v) is 17.4. The number of nitrogens with zero attached hydrogens (tertiary/aromatic N) is 5. The quantitative estimate of drug-likeness (QED) is 0.164. The molecule has 0 aliphatic heterocycles. The number of fused-ring (bicyclic) bond motifs is 6. The van der Waals surface area contributed by atoms with E-state index in [2.05, 4.69) is 111 Å². The number of ether oxygens (including phenoxy) is 1. The van der Waals surface area contributed by atoms with E-state index in [1.165, 1.54) is 0 Å². The van der Waals surface area contributed by atoms with Crippen molar-refractivity contribution in [2.24, 2.45) is 0 Å². The molecule has 0 aliphatic rings. The smallest absolute Gasteiger partial charge is 0.188 e. The van der Waals surface area contributed by atoms with Crippen LogP contribution in [-0.4, -0.2) is 19.1 Å². The second-order valence-electron chi connectivity index (χ2n) is 13.0. The number of aromatic nitrogens is 4. The van der Waals surface area contributed by atoms with E-state index in [0.717, 1.165) is 77.5 Å². The largest absolute Gasteiger partial charge is 0.457 e. The van der Waals surface area contributed by atoms with Crippen LogP contribution in [-0.2, 0) is 0 Å². The van der Waals surface area contributed by atoms with Crippen LogP contribution in [0.4, 0.5) is 5.69 Å². The Hall–Kier alpha value is -7.49. The molecule has 0 fully saturated rings. The van der Waals surface area contributed by atoms with E-state index >= 15 is 0 Å². The van der Waals surface area contributed by atoms with Crippen molar-refractivity contribution in [1.29, 1.82) is 0 Å². The minimum atomic E-state index is 0.593. The van der Waals surface area contributed by atoms with Gasteiger partial charge in [-0.1, -0.05) is 84.9 Å². The molecule has 4 heterocycles. The summed E-state index contributed by atoms with van der Waals surface area (Å²) >= 11 is 0. The summed E-state index contributed by atoms with van der Waals surface area (Å²) in [5.74, 6) is 3.03. The molecule has 6 nitrogen and oxygen atoms in total. The predicted molar refractivity (Wildman–Crippen MR) is 214 cm³/mol. The Balaban J connectivity index is 1.11. The van der Waals surface area contributed by atoms with Gasteiger partial charge in [0.1, 0.15) is 23.1 Å². The Kier molecular flexibility index (Phi) is 7.09. The monoisotopic (exact) mass is 679 g/mol. The molecule has 0 amide bonds. The number of hydrogen-bond acceptors (Lipinski definition) is 3. The van der Waals surface area contributed by atoms with Crippen molar-refractivity contribution >= 4 is 49.3 Å². The SMILES string of the molecule is [C-]#[N+]c1ccc2c(c1)c1ccc(Oc3ccc4c5ccccc5n(-c5cc(-c6ccccc6)ccn5)c4c3)cc1n2-c1cc(-c2ccccc2)ccn1. The third kappa shape index (κ3) is 5.19. The first-order chi connectivity index (χ1) is 26.2. The van der Waals surface area contributed by atoms with Crippen molar-refractivity contribution < 1.29 is 4.74 Å². The van der Waals surface area contributed by atoms with Gasteiger partial charge in [-0.3, -0.25) is 9.13 Å². The van der Waals surface area contributed by atoms with E-state index in [9.17, 15) is 0 Å². The number of hydrogen-bond donors (Lipinski definition) is 0. The van der Waals surface area contributed by atoms with E-state index in [1.807, 2.05) is 79.1 Å². The van der Waals surface area contributed by atoms with Crippen LogP contribution in [0.25, 0.3) is 82.3 Å². The summed E-state index contributed by atoms with van der Waals surface area (Å²) in [5, 5.41) is 4.28. The molecule has 0 spiro atoms. The zero-order valence-electron chi connectivity index (χ0n) is 28.4. The van der Waals surface area contributed by atoms with Crippen molar-refractivity contribution in [2.75, 3.05) is 0 Å². The fourth-order valence-electron chi connectivity index (χ4n) is 7.47. The third-order valence-corrected chi connectivity index (χ3v) is 9.89. The van der Waals surface area contributed by atoms with E-state index in [0.29, 0.717) is 17.2 Å². The van der Waals surface area contributed by atoms with Gasteiger partial charge in [-0.05, 0) is 94.4 Å². The molecule has 10 aromatic rings. The lowest BCUT2D eigenvalue weighted by molar-refractivity contribution is 0.484. The van der Waals surface area contributed by atoms with Gasteiger partial charge in [0, 0.05) is 40.7 Å². The lowest BCUT2D eigenvalue weighted by atomic mass is 10.1. The Morgan fingerprint density at radius 2 is 0.925 bits per heavy atom. The Bertz CT molecular complexity index is 3050. The van der Waals surface area contributed by atoms with Gasteiger partial charge in [-0.2, -0.15) is 0 Å². The highest BCUT2D eigenvalue weighted by atomic mass is 16.5. The van der Waals surface area contributed by atoms with Gasteiger partial charge in [0.15, 0.2) is 5.69 Å². The van der Waals surface area contributed by atoms with Crippen LogP contribution in [0.1, 0.15) is 0 Å². The topological polar surface area (TPSA) is 49.2 Å². The molecule has 10 rings (SSSR count). The standard InChI is InChI=1S/C47H29N5O/c1-48-35-16-21-43-41(28-35)40-20-18-37(30-45(40)52(43)47-27-34(23-25-50-47)32-12-6-3-7-13-32)53-36-17-19-39-38-14-8-9-15-42(38)51(44(39)29-36)46-26-33(22-24-49-46)31-10-4-2-5-11-31/h2-30H. The molecule has 0 saturated heterocycles. The molecule has 0 atom stereocenters. The molecule has 4 aromatic heterocycles. The van der Waals surface area contributed by atoms with Crippen molar-refractivity contribution in [3.05, 3.63) is 188 Å². The minimum Gasteiger partial charge on any atom is -0.457 e. The van der Waals surface area contributed by atoms with Gasteiger partial charge in [-0.15, -0.1) is 0 Å². The van der Waals surface area contributed by atoms with Crippen molar-refractivity contribution in [3.63, 3.8) is 0 Å². The summed E-state index contributed by atoms with van der Waals surface area (Å²) in [7, 11) is 0. The highest BCUT2D eigenvalue weighted by molar-refractivity contribution is 6.11. The highest BCUT2D eigenvalue weighted by Gasteiger charge is 2.18. The second kappa shape index (κ2) is 12.4. The number of benzene rings is 6. The summed E-state index contributed by atoms with van der Waals surface area (Å²) in [6, 6.07) is 55.7. The molecule has 0 N–H and O–H groups in total. The summed E-state index contributed by atoms with van der Waals surface area (Å²) in [4.78, 5) is 13.4. The lowest BCUT2D eigenvalue weighted by Gasteiger charge is -2.12. The number of rotatable bonds is 6. The zero-order chi connectivity index (χ0) is 35.3. The van der Waals surface area contributed by atoms with E-state index in [-0.39, 0.29) is 0 Å². The molecule has 0 unspecified atom stereocenters. The summed E-state index contributed by atoms with van der Waals surface area (Å²) in [6.07, 6.45) is 3.72. The molecule has 53 heavy (non-hydrogen) atoms. The van der Waals surface area contributed by atoms with Crippen molar-refractivity contribution in [1.82, 2.24) is 19.1 Å². The Morgan fingerprint density at radius 3 is 1.51 bits per heavy atom. The van der Waals surface area contributed by atoms with Crippen LogP contribution >= 0.6 is 0 Å². The molecule has 6 heteroatoms. The summed E-state index contributed by atoms with van der Waals surface area (Å²) < 4.78 is 11.1. The van der Waals surface area contributed by atoms with Crippen LogP contribution in [0.15, 0.2) is 176 Å². The maximum Gasteiger partial charge on any atom is 0.188 e. The van der Waals surface area contributed by atoms with E-state index < -0.39 is 0 Å². The molecular formula is C47H29N5O. The van der Waals surface area contributed by atoms with Gasteiger partial charge in [0.2, 0.25) is 0 Å². The van der Waals surface area contributed by atoms with Crippen LogP contribution in [0.5, 0.6) is 11.5 Å². The third-order valence-electron chi connectivity index (χ3n) is 9.89. The maximum absolute atomic E-state index is 7.67. The van der Waals surface area contributed by atoms with Crippen LogP contribution in [0.3, 0.4) is 0 Å². The highest BCUT2D eigenvalue weighted by Crippen LogP contribution is 2.39. The molecule has 6 aromatic carbocycles. The molecule has 0 bridgehead atoms. The Morgan fingerprint density at radius 1 is 0.415 bits per heavy atom. The zero-order valence-corrected chi connectivity index (χ0v) is 28.4. The predicted octanol–water partition coefficient (Wildman–Crippen LogP) is 12.3. The van der Waals surface area contributed by atoms with Gasteiger partial charge in [0.05, 0.1) is 28.6 Å². The molecule has 0 aliphatic carbocycles. The van der Waals surface area contributed by atoms with Crippen LogP contribution in [0, 0.1) is 6.57 Å². The maximum atomic E-state index is 7.67. The summed E-state index contributed by atoms with van der Waals surface area (Å²) in [5.41, 5.74) is 9.01. The van der Waals surface area contributed by atoms with Crippen molar-refractivity contribution in [2.45, 2.75) is 0 Å². The fraction of sp³-hybridized carbons (Fsp3) is 0.